The van der Waals surface area contributed by atoms with Crippen LogP contribution in [0.1, 0.15) is 32.6 Å². The molecule has 2 heterocycles. The van der Waals surface area contributed by atoms with Gasteiger partial charge in [-0.05, 0) is 37.5 Å². The Hall–Kier alpha value is -0.620. The van der Waals surface area contributed by atoms with Crippen molar-refractivity contribution in [1.82, 2.24) is 9.21 Å². The van der Waals surface area contributed by atoms with Crippen LogP contribution >= 0.6 is 0 Å². The second kappa shape index (κ2) is 5.30. The Morgan fingerprint density at radius 1 is 1.20 bits per heavy atom. The lowest BCUT2D eigenvalue weighted by Crippen LogP contribution is -2.46. The molecule has 0 unspecified atom stereocenters. The molecule has 20 heavy (non-hydrogen) atoms. The topological polar surface area (TPSA) is 57.7 Å². The van der Waals surface area contributed by atoms with Crippen molar-refractivity contribution < 1.29 is 13.2 Å². The van der Waals surface area contributed by atoms with Crippen LogP contribution in [0.25, 0.3) is 0 Å². The zero-order chi connectivity index (χ0) is 14.3. The van der Waals surface area contributed by atoms with E-state index in [1.54, 1.807) is 4.31 Å². The van der Waals surface area contributed by atoms with Gasteiger partial charge in [-0.2, -0.15) is 0 Å². The van der Waals surface area contributed by atoms with Crippen molar-refractivity contribution in [2.75, 3.05) is 31.9 Å². The predicted octanol–water partition coefficient (Wildman–Crippen LogP) is 0.917. The fraction of sp³-hybridized carbons (Fsp3) is 0.929. The molecule has 114 valence electrons. The van der Waals surface area contributed by atoms with E-state index in [4.69, 9.17) is 0 Å². The van der Waals surface area contributed by atoms with Gasteiger partial charge in [0, 0.05) is 26.2 Å². The summed E-state index contributed by atoms with van der Waals surface area (Å²) in [6.07, 6.45) is 4.08. The second-order valence-electron chi connectivity index (χ2n) is 6.52. The van der Waals surface area contributed by atoms with Crippen molar-refractivity contribution in [3.05, 3.63) is 0 Å². The van der Waals surface area contributed by atoms with Crippen LogP contribution in [0.3, 0.4) is 0 Å². The maximum Gasteiger partial charge on any atom is 0.227 e. The molecule has 2 atom stereocenters. The van der Waals surface area contributed by atoms with E-state index >= 15 is 0 Å². The Morgan fingerprint density at radius 2 is 1.95 bits per heavy atom. The van der Waals surface area contributed by atoms with Gasteiger partial charge in [0.05, 0.1) is 11.7 Å². The van der Waals surface area contributed by atoms with Gasteiger partial charge in [0.25, 0.3) is 0 Å². The summed E-state index contributed by atoms with van der Waals surface area (Å²) in [4.78, 5) is 14.5. The van der Waals surface area contributed by atoms with Crippen molar-refractivity contribution in [2.45, 2.75) is 32.6 Å². The molecule has 3 aliphatic rings. The molecule has 6 heteroatoms. The molecule has 5 nitrogen and oxygen atoms in total. The highest BCUT2D eigenvalue weighted by atomic mass is 32.2. The molecule has 0 aromatic rings. The van der Waals surface area contributed by atoms with Gasteiger partial charge >= 0.3 is 0 Å². The minimum atomic E-state index is -3.16. The van der Waals surface area contributed by atoms with E-state index < -0.39 is 10.0 Å². The van der Waals surface area contributed by atoms with Crippen LogP contribution in [0.5, 0.6) is 0 Å². The van der Waals surface area contributed by atoms with E-state index in [2.05, 4.69) is 0 Å². The fourth-order valence-corrected chi connectivity index (χ4v) is 5.06. The van der Waals surface area contributed by atoms with Crippen LogP contribution in [-0.2, 0) is 14.8 Å². The number of carbonyl (C=O) groups excluding carboxylic acids is 1. The first-order chi connectivity index (χ1) is 9.51. The minimum absolute atomic E-state index is 0.0888. The maximum atomic E-state index is 12.5. The monoisotopic (exact) mass is 300 g/mol. The Bertz CT molecular complexity index is 487. The third kappa shape index (κ3) is 2.72. The summed E-state index contributed by atoms with van der Waals surface area (Å²) in [5.41, 5.74) is 0. The number of carbonyl (C=O) groups is 1. The van der Waals surface area contributed by atoms with Gasteiger partial charge in [0.1, 0.15) is 0 Å². The summed E-state index contributed by atoms with van der Waals surface area (Å²) < 4.78 is 25.9. The fourth-order valence-electron chi connectivity index (χ4n) is 3.48. The number of rotatable bonds is 5. The maximum absolute atomic E-state index is 12.5. The Kier molecular flexibility index (Phi) is 3.79. The van der Waals surface area contributed by atoms with Crippen LogP contribution in [0, 0.1) is 17.8 Å². The number of likely N-dealkylation sites (tertiary alicyclic amines) is 1. The lowest BCUT2D eigenvalue weighted by atomic mass is 9.88. The molecule has 2 aliphatic heterocycles. The van der Waals surface area contributed by atoms with Gasteiger partial charge in [0.15, 0.2) is 0 Å². The molecule has 0 radical (unpaired) electrons. The average molecular weight is 300 g/mol. The molecule has 1 aliphatic carbocycles. The number of nitrogens with zero attached hydrogens (tertiary/aromatic N) is 2. The summed E-state index contributed by atoms with van der Waals surface area (Å²) >= 11 is 0. The van der Waals surface area contributed by atoms with Gasteiger partial charge in [-0.15, -0.1) is 0 Å². The average Bonchev–Trinajstić information content (AvgIpc) is 3.08. The Morgan fingerprint density at radius 3 is 2.60 bits per heavy atom. The molecule has 0 aromatic carbocycles. The zero-order valence-electron chi connectivity index (χ0n) is 12.1. The first-order valence-corrected chi connectivity index (χ1v) is 9.38. The van der Waals surface area contributed by atoms with Crippen molar-refractivity contribution in [3.63, 3.8) is 0 Å². The molecule has 2 saturated heterocycles. The van der Waals surface area contributed by atoms with E-state index in [0.717, 1.165) is 19.5 Å². The van der Waals surface area contributed by atoms with E-state index in [1.165, 1.54) is 12.8 Å². The van der Waals surface area contributed by atoms with Crippen molar-refractivity contribution in [2.24, 2.45) is 17.8 Å². The normalized spacial score (nSPS) is 31.6. The zero-order valence-corrected chi connectivity index (χ0v) is 12.9. The van der Waals surface area contributed by atoms with Crippen LogP contribution in [0.15, 0.2) is 0 Å². The van der Waals surface area contributed by atoms with Gasteiger partial charge < -0.3 is 4.90 Å². The number of sulfonamides is 1. The van der Waals surface area contributed by atoms with E-state index in [9.17, 15) is 13.2 Å². The highest BCUT2D eigenvalue weighted by molar-refractivity contribution is 7.89. The molecular formula is C14H24N2O3S. The summed E-state index contributed by atoms with van der Waals surface area (Å²) in [6.45, 7) is 4.55. The van der Waals surface area contributed by atoms with Crippen LogP contribution in [0.2, 0.25) is 0 Å². The third-order valence-electron chi connectivity index (χ3n) is 4.84. The predicted molar refractivity (Wildman–Crippen MR) is 76.6 cm³/mol. The number of fused-ring (bicyclic) bond motifs is 1. The SMILES string of the molecule is CCCS(=O)(=O)N1C[C@@H]2CCN(CC3CC3)C(=O)[C@@H]2C1. The summed E-state index contributed by atoms with van der Waals surface area (Å²) in [5.74, 6) is 1.25. The molecule has 0 N–H and O–H groups in total. The highest BCUT2D eigenvalue weighted by Gasteiger charge is 2.46. The van der Waals surface area contributed by atoms with E-state index in [1.807, 2.05) is 11.8 Å². The quantitative estimate of drug-likeness (QED) is 0.758. The largest absolute Gasteiger partial charge is 0.342 e. The molecule has 0 spiro atoms. The van der Waals surface area contributed by atoms with Crippen LogP contribution < -0.4 is 0 Å². The standard InChI is InChI=1S/C14H24N2O3S/c1-2-7-20(18,19)16-9-12-5-6-15(8-11-3-4-11)14(17)13(12)10-16/h11-13H,2-10H2,1H3/t12-,13+/m0/s1. The van der Waals surface area contributed by atoms with Gasteiger partial charge in [-0.3, -0.25) is 4.79 Å². The van der Waals surface area contributed by atoms with Gasteiger partial charge in [0.2, 0.25) is 15.9 Å². The number of piperidine rings is 1. The molecule has 3 rings (SSSR count). The number of hydrogen-bond donors (Lipinski definition) is 0. The highest BCUT2D eigenvalue weighted by Crippen LogP contribution is 2.36. The minimum Gasteiger partial charge on any atom is -0.342 e. The lowest BCUT2D eigenvalue weighted by molar-refractivity contribution is -0.139. The molecule has 0 aromatic heterocycles. The second-order valence-corrected chi connectivity index (χ2v) is 8.60. The summed E-state index contributed by atoms with van der Waals surface area (Å²) in [5, 5.41) is 0. The van der Waals surface area contributed by atoms with Crippen molar-refractivity contribution in [1.29, 1.82) is 0 Å². The van der Waals surface area contributed by atoms with E-state index in [-0.39, 0.29) is 23.5 Å². The molecular weight excluding hydrogens is 276 g/mol. The lowest BCUT2D eigenvalue weighted by Gasteiger charge is -2.33. The third-order valence-corrected chi connectivity index (χ3v) is 6.85. The number of hydrogen-bond acceptors (Lipinski definition) is 3. The van der Waals surface area contributed by atoms with Gasteiger partial charge in [-0.25, -0.2) is 12.7 Å². The van der Waals surface area contributed by atoms with Crippen LogP contribution in [0.4, 0.5) is 0 Å². The Labute approximate surface area is 121 Å². The first-order valence-electron chi connectivity index (χ1n) is 7.78. The summed E-state index contributed by atoms with van der Waals surface area (Å²) in [6, 6.07) is 0. The first kappa shape index (κ1) is 14.3. The molecule has 0 bridgehead atoms. The van der Waals surface area contributed by atoms with E-state index in [0.29, 0.717) is 25.4 Å². The van der Waals surface area contributed by atoms with Gasteiger partial charge in [-0.1, -0.05) is 6.92 Å². The molecule has 1 amide bonds. The number of amides is 1. The van der Waals surface area contributed by atoms with Crippen molar-refractivity contribution >= 4 is 15.9 Å². The molecule has 1 saturated carbocycles. The smallest absolute Gasteiger partial charge is 0.227 e. The van der Waals surface area contributed by atoms with Crippen LogP contribution in [-0.4, -0.2) is 55.5 Å². The Balaban J connectivity index is 1.66. The summed E-state index contributed by atoms with van der Waals surface area (Å²) in [7, 11) is -3.16. The molecule has 3 fully saturated rings. The van der Waals surface area contributed by atoms with Crippen molar-refractivity contribution in [3.8, 4) is 0 Å².